The van der Waals surface area contributed by atoms with E-state index in [9.17, 15) is 4.79 Å². The second-order valence-electron chi connectivity index (χ2n) is 4.63. The Balaban J connectivity index is 1.73. The molecule has 3 rings (SSSR count). The summed E-state index contributed by atoms with van der Waals surface area (Å²) in [5.74, 6) is -0.210. The summed E-state index contributed by atoms with van der Waals surface area (Å²) in [6.45, 7) is 1.95. The van der Waals surface area contributed by atoms with Crippen molar-refractivity contribution in [2.24, 2.45) is 0 Å². The normalized spacial score (nSPS) is 12.1. The molecule has 22 heavy (non-hydrogen) atoms. The van der Waals surface area contributed by atoms with Gasteiger partial charge in [-0.25, -0.2) is 0 Å². The molecule has 7 heteroatoms. The first kappa shape index (κ1) is 15.1. The third-order valence-corrected chi connectivity index (χ3v) is 5.31. The predicted molar refractivity (Wildman–Crippen MR) is 90.6 cm³/mol. The Bertz CT molecular complexity index is 768. The molecule has 0 aliphatic carbocycles. The molecule has 0 saturated heterocycles. The molecular formula is C15H12ClN3OS2. The highest BCUT2D eigenvalue weighted by atomic mass is 35.5. The van der Waals surface area contributed by atoms with Gasteiger partial charge in [0.2, 0.25) is 5.01 Å². The fourth-order valence-corrected chi connectivity index (χ4v) is 3.50. The van der Waals surface area contributed by atoms with Crippen LogP contribution in [0.15, 0.2) is 41.8 Å². The van der Waals surface area contributed by atoms with Gasteiger partial charge in [0, 0.05) is 15.5 Å². The highest BCUT2D eigenvalue weighted by Gasteiger charge is 2.17. The maximum Gasteiger partial charge on any atom is 0.282 e. The summed E-state index contributed by atoms with van der Waals surface area (Å²) in [4.78, 5) is 13.3. The molecule has 0 unspecified atom stereocenters. The van der Waals surface area contributed by atoms with Crippen LogP contribution in [0.3, 0.4) is 0 Å². The van der Waals surface area contributed by atoms with E-state index in [2.05, 4.69) is 15.5 Å². The highest BCUT2D eigenvalue weighted by Crippen LogP contribution is 2.25. The molecule has 112 valence electrons. The molecule has 2 heterocycles. The smallest absolute Gasteiger partial charge is 0.282 e. The lowest BCUT2D eigenvalue weighted by Gasteiger charge is -2.10. The van der Waals surface area contributed by atoms with Gasteiger partial charge in [-0.3, -0.25) is 4.79 Å². The molecule has 3 aromatic rings. The maximum absolute atomic E-state index is 12.2. The van der Waals surface area contributed by atoms with Crippen LogP contribution in [0.1, 0.15) is 27.6 Å². The number of nitrogens with one attached hydrogen (secondary N) is 1. The molecule has 0 spiro atoms. The van der Waals surface area contributed by atoms with Crippen molar-refractivity contribution in [3.8, 4) is 10.6 Å². The van der Waals surface area contributed by atoms with E-state index in [4.69, 9.17) is 11.6 Å². The minimum Gasteiger partial charge on any atom is -0.343 e. The second-order valence-corrected chi connectivity index (χ2v) is 7.02. The van der Waals surface area contributed by atoms with Gasteiger partial charge in [0.1, 0.15) is 5.01 Å². The van der Waals surface area contributed by atoms with E-state index < -0.39 is 0 Å². The van der Waals surface area contributed by atoms with Gasteiger partial charge in [-0.05, 0) is 30.5 Å². The van der Waals surface area contributed by atoms with E-state index in [1.54, 1.807) is 23.5 Å². The summed E-state index contributed by atoms with van der Waals surface area (Å²) < 4.78 is 0. The zero-order chi connectivity index (χ0) is 15.5. The first-order valence-corrected chi connectivity index (χ1v) is 8.64. The minimum absolute atomic E-state index is 0.0459. The van der Waals surface area contributed by atoms with Crippen LogP contribution < -0.4 is 5.32 Å². The van der Waals surface area contributed by atoms with Crippen molar-refractivity contribution < 1.29 is 4.79 Å². The van der Waals surface area contributed by atoms with Crippen LogP contribution in [-0.2, 0) is 0 Å². The third-order valence-electron chi connectivity index (χ3n) is 3.03. The Kier molecular flexibility index (Phi) is 4.52. The van der Waals surface area contributed by atoms with Crippen LogP contribution in [0, 0.1) is 0 Å². The number of rotatable bonds is 4. The van der Waals surface area contributed by atoms with Gasteiger partial charge in [-0.1, -0.05) is 41.1 Å². The van der Waals surface area contributed by atoms with Crippen molar-refractivity contribution in [3.05, 3.63) is 56.7 Å². The van der Waals surface area contributed by atoms with Gasteiger partial charge in [0.05, 0.1) is 6.04 Å². The first-order valence-electron chi connectivity index (χ1n) is 6.57. The Morgan fingerprint density at radius 3 is 2.68 bits per heavy atom. The van der Waals surface area contributed by atoms with Crippen molar-refractivity contribution in [1.29, 1.82) is 0 Å². The molecule has 1 N–H and O–H groups in total. The van der Waals surface area contributed by atoms with E-state index in [0.29, 0.717) is 15.0 Å². The highest BCUT2D eigenvalue weighted by molar-refractivity contribution is 7.16. The van der Waals surface area contributed by atoms with Gasteiger partial charge in [0.25, 0.3) is 5.91 Å². The number of hydrogen-bond acceptors (Lipinski definition) is 5. The summed E-state index contributed by atoms with van der Waals surface area (Å²) in [6.07, 6.45) is 0. The average Bonchev–Trinajstić information content (AvgIpc) is 3.20. The Hall–Kier alpha value is -1.76. The van der Waals surface area contributed by atoms with Crippen molar-refractivity contribution >= 4 is 40.2 Å². The van der Waals surface area contributed by atoms with Gasteiger partial charge in [-0.2, -0.15) is 0 Å². The molecule has 0 bridgehead atoms. The SMILES string of the molecule is C[C@H](NC(=O)c1nnc(-c2ccc(Cl)cc2)s1)c1cccs1. The van der Waals surface area contributed by atoms with Gasteiger partial charge in [-0.15, -0.1) is 21.5 Å². The fourth-order valence-electron chi connectivity index (χ4n) is 1.89. The van der Waals surface area contributed by atoms with Crippen molar-refractivity contribution in [2.75, 3.05) is 0 Å². The lowest BCUT2D eigenvalue weighted by molar-refractivity contribution is 0.0939. The van der Waals surface area contributed by atoms with Gasteiger partial charge >= 0.3 is 0 Å². The second kappa shape index (κ2) is 6.56. The van der Waals surface area contributed by atoms with E-state index >= 15 is 0 Å². The topological polar surface area (TPSA) is 54.9 Å². The standard InChI is InChI=1S/C15H12ClN3OS2/c1-9(12-3-2-8-21-12)17-13(20)15-19-18-14(22-15)10-4-6-11(16)7-5-10/h2-9H,1H3,(H,17,20)/t9-/m0/s1. The number of halogens is 1. The number of benzene rings is 1. The Morgan fingerprint density at radius 2 is 2.00 bits per heavy atom. The molecule has 0 fully saturated rings. The van der Waals surface area contributed by atoms with E-state index in [1.165, 1.54) is 11.3 Å². The summed E-state index contributed by atoms with van der Waals surface area (Å²) >= 11 is 8.74. The van der Waals surface area contributed by atoms with Crippen LogP contribution in [-0.4, -0.2) is 16.1 Å². The monoisotopic (exact) mass is 349 g/mol. The zero-order valence-electron chi connectivity index (χ0n) is 11.6. The van der Waals surface area contributed by atoms with Crippen LogP contribution >= 0.6 is 34.3 Å². The zero-order valence-corrected chi connectivity index (χ0v) is 14.0. The van der Waals surface area contributed by atoms with Crippen LogP contribution in [0.25, 0.3) is 10.6 Å². The summed E-state index contributed by atoms with van der Waals surface area (Å²) in [6, 6.07) is 11.2. The van der Waals surface area contributed by atoms with E-state index in [1.807, 2.05) is 36.6 Å². The largest absolute Gasteiger partial charge is 0.343 e. The molecule has 1 aromatic carbocycles. The first-order chi connectivity index (χ1) is 10.6. The summed E-state index contributed by atoms with van der Waals surface area (Å²) in [7, 11) is 0. The Morgan fingerprint density at radius 1 is 1.23 bits per heavy atom. The number of carbonyl (C=O) groups is 1. The molecular weight excluding hydrogens is 338 g/mol. The number of nitrogens with zero attached hydrogens (tertiary/aromatic N) is 2. The van der Waals surface area contributed by atoms with Gasteiger partial charge in [0.15, 0.2) is 0 Å². The van der Waals surface area contributed by atoms with Crippen molar-refractivity contribution in [3.63, 3.8) is 0 Å². The molecule has 1 amide bonds. The fraction of sp³-hybridized carbons (Fsp3) is 0.133. The van der Waals surface area contributed by atoms with Crippen molar-refractivity contribution in [1.82, 2.24) is 15.5 Å². The number of hydrogen-bond donors (Lipinski definition) is 1. The molecule has 0 aliphatic rings. The van der Waals surface area contributed by atoms with E-state index in [0.717, 1.165) is 10.4 Å². The number of carbonyl (C=O) groups excluding carboxylic acids is 1. The lowest BCUT2D eigenvalue weighted by Crippen LogP contribution is -2.25. The number of amides is 1. The maximum atomic E-state index is 12.2. The molecule has 0 saturated carbocycles. The third kappa shape index (κ3) is 3.35. The van der Waals surface area contributed by atoms with E-state index in [-0.39, 0.29) is 11.9 Å². The average molecular weight is 350 g/mol. The van der Waals surface area contributed by atoms with Crippen LogP contribution in [0.5, 0.6) is 0 Å². The quantitative estimate of drug-likeness (QED) is 0.759. The van der Waals surface area contributed by atoms with Crippen LogP contribution in [0.4, 0.5) is 0 Å². The molecule has 0 aliphatic heterocycles. The molecule has 0 radical (unpaired) electrons. The molecule has 1 atom stereocenters. The molecule has 2 aromatic heterocycles. The minimum atomic E-state index is -0.210. The summed E-state index contributed by atoms with van der Waals surface area (Å²) in [5, 5.41) is 14.7. The Labute approximate surface area is 140 Å². The van der Waals surface area contributed by atoms with Crippen LogP contribution in [0.2, 0.25) is 5.02 Å². The van der Waals surface area contributed by atoms with Crippen molar-refractivity contribution in [2.45, 2.75) is 13.0 Å². The number of aromatic nitrogens is 2. The van der Waals surface area contributed by atoms with Gasteiger partial charge < -0.3 is 5.32 Å². The lowest BCUT2D eigenvalue weighted by atomic mass is 10.2. The molecule has 4 nitrogen and oxygen atoms in total. The predicted octanol–water partition coefficient (Wildman–Crippen LogP) is 4.41. The number of thiophene rings is 1. The summed E-state index contributed by atoms with van der Waals surface area (Å²) in [5.41, 5.74) is 0.896.